The number of aromatic amines is 1. The van der Waals surface area contributed by atoms with Gasteiger partial charge in [0.05, 0.1) is 22.5 Å². The van der Waals surface area contributed by atoms with Gasteiger partial charge >= 0.3 is 0 Å². The number of carbonyl (C=O) groups is 2. The van der Waals surface area contributed by atoms with Gasteiger partial charge in [-0.05, 0) is 31.2 Å². The molecule has 2 amide bonds. The summed E-state index contributed by atoms with van der Waals surface area (Å²) in [5, 5.41) is 2.93. The first-order valence-electron chi connectivity index (χ1n) is 7.44. The van der Waals surface area contributed by atoms with Crippen LogP contribution in [0.15, 0.2) is 59.4 Å². The highest BCUT2D eigenvalue weighted by Gasteiger charge is 2.39. The van der Waals surface area contributed by atoms with Crippen LogP contribution in [0.3, 0.4) is 0 Å². The summed E-state index contributed by atoms with van der Waals surface area (Å²) in [5.41, 5.74) is 1.34. The van der Waals surface area contributed by atoms with Gasteiger partial charge in [0.2, 0.25) is 0 Å². The number of aromatic nitrogens is 2. The molecule has 6 nitrogen and oxygen atoms in total. The van der Waals surface area contributed by atoms with E-state index in [0.29, 0.717) is 22.5 Å². The van der Waals surface area contributed by atoms with E-state index in [4.69, 9.17) is 0 Å². The zero-order valence-electron chi connectivity index (χ0n) is 12.8. The first kappa shape index (κ1) is 14.2. The molecule has 0 spiro atoms. The van der Waals surface area contributed by atoms with E-state index in [2.05, 4.69) is 5.10 Å². The highest BCUT2D eigenvalue weighted by atomic mass is 16.2. The van der Waals surface area contributed by atoms with Crippen molar-refractivity contribution in [2.45, 2.75) is 6.92 Å². The molecule has 0 unspecified atom stereocenters. The minimum Gasteiger partial charge on any atom is -0.293 e. The van der Waals surface area contributed by atoms with E-state index < -0.39 is 17.4 Å². The van der Waals surface area contributed by atoms with E-state index in [1.54, 1.807) is 55.5 Å². The first-order chi connectivity index (χ1) is 11.6. The SMILES string of the molecule is Cc1[nH]n(-c2ccccc2)c(=O)c1N1C(=O)c2ccccc2C1=O. The molecule has 1 aliphatic heterocycles. The monoisotopic (exact) mass is 319 g/mol. The second-order valence-electron chi connectivity index (χ2n) is 5.55. The zero-order chi connectivity index (χ0) is 16.8. The van der Waals surface area contributed by atoms with Crippen LogP contribution in [0.5, 0.6) is 0 Å². The average Bonchev–Trinajstić information content (AvgIpc) is 3.03. The summed E-state index contributed by atoms with van der Waals surface area (Å²) in [6.45, 7) is 1.67. The number of fused-ring (bicyclic) bond motifs is 1. The van der Waals surface area contributed by atoms with Gasteiger partial charge in [-0.3, -0.25) is 19.5 Å². The summed E-state index contributed by atoms with van der Waals surface area (Å²) in [7, 11) is 0. The lowest BCUT2D eigenvalue weighted by molar-refractivity contribution is 0.0925. The van der Waals surface area contributed by atoms with Crippen LogP contribution in [0, 0.1) is 6.92 Å². The van der Waals surface area contributed by atoms with Crippen LogP contribution in [0.4, 0.5) is 5.69 Å². The second kappa shape index (κ2) is 5.06. The molecule has 1 aromatic heterocycles. The van der Waals surface area contributed by atoms with Crippen LogP contribution >= 0.6 is 0 Å². The van der Waals surface area contributed by atoms with Crippen LogP contribution in [-0.2, 0) is 0 Å². The molecule has 4 rings (SSSR count). The van der Waals surface area contributed by atoms with Gasteiger partial charge in [-0.2, -0.15) is 0 Å². The molecule has 2 aromatic carbocycles. The topological polar surface area (TPSA) is 75.2 Å². The molecule has 0 fully saturated rings. The fourth-order valence-corrected chi connectivity index (χ4v) is 2.95. The van der Waals surface area contributed by atoms with E-state index in [0.717, 1.165) is 4.90 Å². The number of rotatable bonds is 2. The van der Waals surface area contributed by atoms with Gasteiger partial charge in [0.25, 0.3) is 17.4 Å². The van der Waals surface area contributed by atoms with E-state index in [1.807, 2.05) is 6.07 Å². The van der Waals surface area contributed by atoms with E-state index >= 15 is 0 Å². The molecule has 118 valence electrons. The highest BCUT2D eigenvalue weighted by molar-refractivity contribution is 6.34. The second-order valence-corrected chi connectivity index (χ2v) is 5.55. The number of anilines is 1. The number of amides is 2. The average molecular weight is 319 g/mol. The molecule has 0 saturated heterocycles. The summed E-state index contributed by atoms with van der Waals surface area (Å²) in [4.78, 5) is 39.0. The predicted molar refractivity (Wildman–Crippen MR) is 88.7 cm³/mol. The Bertz CT molecular complexity index is 996. The fourth-order valence-electron chi connectivity index (χ4n) is 2.95. The third-order valence-corrected chi connectivity index (χ3v) is 4.07. The molecule has 0 aliphatic carbocycles. The Labute approximate surface area is 136 Å². The number of carbonyl (C=O) groups excluding carboxylic acids is 2. The van der Waals surface area contributed by atoms with Gasteiger partial charge in [-0.15, -0.1) is 0 Å². The number of nitrogens with zero attached hydrogens (tertiary/aromatic N) is 2. The molecule has 1 N–H and O–H groups in total. The Morgan fingerprint density at radius 1 is 0.792 bits per heavy atom. The molecule has 2 heterocycles. The lowest BCUT2D eigenvalue weighted by Crippen LogP contribution is -2.34. The summed E-state index contributed by atoms with van der Waals surface area (Å²) in [5.74, 6) is -0.954. The molecule has 0 radical (unpaired) electrons. The Kier molecular flexibility index (Phi) is 2.99. The van der Waals surface area contributed by atoms with Crippen LogP contribution < -0.4 is 10.5 Å². The first-order valence-corrected chi connectivity index (χ1v) is 7.44. The lowest BCUT2D eigenvalue weighted by Gasteiger charge is -2.11. The minimum atomic E-state index is -0.477. The van der Waals surface area contributed by atoms with Crippen LogP contribution in [0.25, 0.3) is 5.69 Å². The molecule has 0 bridgehead atoms. The predicted octanol–water partition coefficient (Wildman–Crippen LogP) is 2.27. The van der Waals surface area contributed by atoms with Gasteiger partial charge < -0.3 is 0 Å². The summed E-state index contributed by atoms with van der Waals surface area (Å²) in [6.07, 6.45) is 0. The van der Waals surface area contributed by atoms with Crippen LogP contribution in [0.2, 0.25) is 0 Å². The molecule has 0 saturated carbocycles. The zero-order valence-corrected chi connectivity index (χ0v) is 12.8. The summed E-state index contributed by atoms with van der Waals surface area (Å²) >= 11 is 0. The Balaban J connectivity index is 1.88. The Morgan fingerprint density at radius 3 is 1.92 bits per heavy atom. The third-order valence-electron chi connectivity index (χ3n) is 4.07. The van der Waals surface area contributed by atoms with E-state index in [9.17, 15) is 14.4 Å². The molecule has 3 aromatic rings. The third kappa shape index (κ3) is 1.86. The standard InChI is InChI=1S/C18H13N3O3/c1-11-15(18(24)21(19-11)12-7-3-2-4-8-12)20-16(22)13-9-5-6-10-14(13)17(20)23/h2-10,19H,1H3. The number of hydrogen-bond donors (Lipinski definition) is 1. The van der Waals surface area contributed by atoms with Crippen molar-refractivity contribution in [3.05, 3.63) is 81.8 Å². The van der Waals surface area contributed by atoms with Crippen molar-refractivity contribution < 1.29 is 9.59 Å². The van der Waals surface area contributed by atoms with Crippen molar-refractivity contribution in [1.82, 2.24) is 9.78 Å². The van der Waals surface area contributed by atoms with E-state index in [-0.39, 0.29) is 5.69 Å². The van der Waals surface area contributed by atoms with Crippen molar-refractivity contribution in [3.63, 3.8) is 0 Å². The number of H-pyrrole nitrogens is 1. The maximum Gasteiger partial charge on any atom is 0.295 e. The number of benzene rings is 2. The fraction of sp³-hybridized carbons (Fsp3) is 0.0556. The van der Waals surface area contributed by atoms with Gasteiger partial charge in [-0.1, -0.05) is 30.3 Å². The van der Waals surface area contributed by atoms with Crippen molar-refractivity contribution >= 4 is 17.5 Å². The van der Waals surface area contributed by atoms with Crippen molar-refractivity contribution in [1.29, 1.82) is 0 Å². The molecule has 0 atom stereocenters. The van der Waals surface area contributed by atoms with Gasteiger partial charge in [0, 0.05) is 0 Å². The molecule has 6 heteroatoms. The minimum absolute atomic E-state index is 0.0602. The van der Waals surface area contributed by atoms with Gasteiger partial charge in [0.1, 0.15) is 5.69 Å². The number of hydrogen-bond acceptors (Lipinski definition) is 3. The molecular weight excluding hydrogens is 306 g/mol. The maximum absolute atomic E-state index is 12.8. The Morgan fingerprint density at radius 2 is 1.33 bits per heavy atom. The van der Waals surface area contributed by atoms with Gasteiger partial charge in [0.15, 0.2) is 0 Å². The van der Waals surface area contributed by atoms with Crippen molar-refractivity contribution in [2.75, 3.05) is 4.90 Å². The van der Waals surface area contributed by atoms with Crippen molar-refractivity contribution in [3.8, 4) is 5.69 Å². The number of nitrogens with one attached hydrogen (secondary N) is 1. The summed E-state index contributed by atoms with van der Waals surface area (Å²) in [6, 6.07) is 15.6. The number of para-hydroxylation sites is 1. The molecule has 24 heavy (non-hydrogen) atoms. The largest absolute Gasteiger partial charge is 0.295 e. The van der Waals surface area contributed by atoms with Crippen LogP contribution in [-0.4, -0.2) is 21.6 Å². The van der Waals surface area contributed by atoms with Crippen LogP contribution in [0.1, 0.15) is 26.4 Å². The highest BCUT2D eigenvalue weighted by Crippen LogP contribution is 2.28. The maximum atomic E-state index is 12.8. The number of aryl methyl sites for hydroxylation is 1. The van der Waals surface area contributed by atoms with Crippen molar-refractivity contribution in [2.24, 2.45) is 0 Å². The molecule has 1 aliphatic rings. The number of imide groups is 1. The van der Waals surface area contributed by atoms with E-state index in [1.165, 1.54) is 4.68 Å². The lowest BCUT2D eigenvalue weighted by atomic mass is 10.1. The quantitative estimate of drug-likeness (QED) is 0.736. The summed E-state index contributed by atoms with van der Waals surface area (Å²) < 4.78 is 1.33. The normalized spacial score (nSPS) is 13.5. The smallest absolute Gasteiger partial charge is 0.293 e. The Hall–Kier alpha value is -3.41. The molecular formula is C18H13N3O3. The van der Waals surface area contributed by atoms with Gasteiger partial charge in [-0.25, -0.2) is 9.58 Å².